The Hall–Kier alpha value is -2.07. The van der Waals surface area contributed by atoms with Crippen LogP contribution in [0.5, 0.6) is 0 Å². The van der Waals surface area contributed by atoms with Gasteiger partial charge in [-0.2, -0.15) is 0 Å². The summed E-state index contributed by atoms with van der Waals surface area (Å²) in [7, 11) is 0. The lowest BCUT2D eigenvalue weighted by Crippen LogP contribution is -2.36. The molecule has 3 rings (SSSR count). The van der Waals surface area contributed by atoms with Gasteiger partial charge in [0.1, 0.15) is 5.78 Å². The Kier molecular flexibility index (Phi) is 3.80. The second-order valence-electron chi connectivity index (χ2n) is 5.63. The van der Waals surface area contributed by atoms with Crippen molar-refractivity contribution in [1.29, 1.82) is 0 Å². The van der Waals surface area contributed by atoms with E-state index in [1.807, 2.05) is 38.1 Å². The number of aryl methyl sites for hydroxylation is 2. The maximum Gasteiger partial charge on any atom is 0.136 e. The number of nitrogens with one attached hydrogen (secondary N) is 1. The molecule has 2 atom stereocenters. The summed E-state index contributed by atoms with van der Waals surface area (Å²) in [6, 6.07) is 7.85. The zero-order chi connectivity index (χ0) is 14.8. The predicted molar refractivity (Wildman–Crippen MR) is 80.8 cm³/mol. The van der Waals surface area contributed by atoms with Crippen LogP contribution in [0.1, 0.15) is 47.4 Å². The first-order chi connectivity index (χ1) is 10.1. The molecule has 21 heavy (non-hydrogen) atoms. The van der Waals surface area contributed by atoms with Crippen LogP contribution in [0.15, 0.2) is 36.7 Å². The monoisotopic (exact) mass is 281 g/mol. The maximum atomic E-state index is 12.2. The van der Waals surface area contributed by atoms with Gasteiger partial charge >= 0.3 is 0 Å². The first-order valence-corrected chi connectivity index (χ1v) is 7.26. The summed E-state index contributed by atoms with van der Waals surface area (Å²) < 4.78 is 0. The number of ketones is 1. The molecule has 0 spiro atoms. The number of hydrogen-bond acceptors (Lipinski definition) is 4. The van der Waals surface area contributed by atoms with E-state index in [0.29, 0.717) is 12.8 Å². The van der Waals surface area contributed by atoms with Crippen LogP contribution in [0.3, 0.4) is 0 Å². The van der Waals surface area contributed by atoms with Crippen LogP contribution < -0.4 is 5.32 Å². The van der Waals surface area contributed by atoms with Gasteiger partial charge < -0.3 is 0 Å². The first-order valence-electron chi connectivity index (χ1n) is 7.26. The maximum absolute atomic E-state index is 12.2. The van der Waals surface area contributed by atoms with Gasteiger partial charge in [0.05, 0.1) is 23.5 Å². The predicted octanol–water partition coefficient (Wildman–Crippen LogP) is 2.83. The average molecular weight is 281 g/mol. The fraction of sp³-hybridized carbons (Fsp3) is 0.353. The van der Waals surface area contributed by atoms with Crippen LogP contribution >= 0.6 is 0 Å². The molecule has 108 valence electrons. The zero-order valence-electron chi connectivity index (χ0n) is 12.3. The van der Waals surface area contributed by atoms with Crippen molar-refractivity contribution in [2.24, 2.45) is 0 Å². The summed E-state index contributed by atoms with van der Waals surface area (Å²) in [5.41, 5.74) is 4.15. The van der Waals surface area contributed by atoms with E-state index in [-0.39, 0.29) is 17.9 Å². The number of carbonyl (C=O) groups is 1. The molecule has 4 heteroatoms. The van der Waals surface area contributed by atoms with E-state index in [1.54, 1.807) is 12.4 Å². The van der Waals surface area contributed by atoms with Crippen molar-refractivity contribution in [2.75, 3.05) is 0 Å². The summed E-state index contributed by atoms with van der Waals surface area (Å²) in [5, 5.41) is 3.55. The molecule has 2 aromatic rings. The third-order valence-electron chi connectivity index (χ3n) is 4.03. The minimum absolute atomic E-state index is 0.0288. The highest BCUT2D eigenvalue weighted by Crippen LogP contribution is 2.31. The highest BCUT2D eigenvalue weighted by Gasteiger charge is 2.31. The second kappa shape index (κ2) is 5.74. The standard InChI is InChI=1S/C17H19N3O/c1-11-5-3-7-18-16(11)14-9-13(21)10-15(20-14)17-12(2)6-4-8-19-17/h3-8,14-15,20H,9-10H2,1-2H3/t14-,15+. The molecule has 0 amide bonds. The number of Topliss-reactive ketones (excluding diaryl/α,β-unsaturated/α-hetero) is 1. The third kappa shape index (κ3) is 2.85. The van der Waals surface area contributed by atoms with Crippen LogP contribution in [-0.4, -0.2) is 15.8 Å². The van der Waals surface area contributed by atoms with Crippen molar-refractivity contribution in [3.05, 3.63) is 59.2 Å². The van der Waals surface area contributed by atoms with Crippen LogP contribution in [0.2, 0.25) is 0 Å². The van der Waals surface area contributed by atoms with E-state index in [2.05, 4.69) is 15.3 Å². The fourth-order valence-corrected chi connectivity index (χ4v) is 2.98. The molecule has 0 unspecified atom stereocenters. The van der Waals surface area contributed by atoms with Gasteiger partial charge in [0.15, 0.2) is 0 Å². The van der Waals surface area contributed by atoms with Gasteiger partial charge in [-0.3, -0.25) is 20.1 Å². The minimum Gasteiger partial charge on any atom is -0.300 e. The summed E-state index contributed by atoms with van der Waals surface area (Å²) >= 11 is 0. The molecular formula is C17H19N3O. The van der Waals surface area contributed by atoms with E-state index in [9.17, 15) is 4.79 Å². The Morgan fingerprint density at radius 1 is 0.952 bits per heavy atom. The molecule has 2 aromatic heterocycles. The zero-order valence-corrected chi connectivity index (χ0v) is 12.3. The Morgan fingerprint density at radius 3 is 1.86 bits per heavy atom. The average Bonchev–Trinajstić information content (AvgIpc) is 2.47. The minimum atomic E-state index is -0.0288. The van der Waals surface area contributed by atoms with Gasteiger partial charge in [0.25, 0.3) is 0 Å². The summed E-state index contributed by atoms with van der Waals surface area (Å²) in [4.78, 5) is 21.1. The molecule has 1 saturated heterocycles. The number of aromatic nitrogens is 2. The molecule has 1 aliphatic heterocycles. The van der Waals surface area contributed by atoms with Crippen LogP contribution in [0, 0.1) is 13.8 Å². The fourth-order valence-electron chi connectivity index (χ4n) is 2.98. The van der Waals surface area contributed by atoms with Crippen molar-refractivity contribution in [3.63, 3.8) is 0 Å². The van der Waals surface area contributed by atoms with E-state index < -0.39 is 0 Å². The van der Waals surface area contributed by atoms with E-state index in [1.165, 1.54) is 0 Å². The summed E-state index contributed by atoms with van der Waals surface area (Å²) in [6.45, 7) is 4.06. The van der Waals surface area contributed by atoms with Gasteiger partial charge in [-0.1, -0.05) is 12.1 Å². The number of hydrogen-bond donors (Lipinski definition) is 1. The lowest BCUT2D eigenvalue weighted by atomic mass is 9.90. The van der Waals surface area contributed by atoms with Crippen molar-refractivity contribution in [3.8, 4) is 0 Å². The smallest absolute Gasteiger partial charge is 0.136 e. The van der Waals surface area contributed by atoms with E-state index >= 15 is 0 Å². The van der Waals surface area contributed by atoms with Gasteiger partial charge in [-0.25, -0.2) is 0 Å². The third-order valence-corrected chi connectivity index (χ3v) is 4.03. The van der Waals surface area contributed by atoms with E-state index in [0.717, 1.165) is 22.5 Å². The second-order valence-corrected chi connectivity index (χ2v) is 5.63. The van der Waals surface area contributed by atoms with Crippen LogP contribution in [0.25, 0.3) is 0 Å². The van der Waals surface area contributed by atoms with Gasteiger partial charge in [0, 0.05) is 25.2 Å². The molecule has 0 radical (unpaired) electrons. The molecule has 4 nitrogen and oxygen atoms in total. The number of piperidine rings is 1. The Balaban J connectivity index is 1.91. The molecule has 1 aliphatic rings. The topological polar surface area (TPSA) is 54.9 Å². The Morgan fingerprint density at radius 2 is 1.43 bits per heavy atom. The Bertz CT molecular complexity index is 613. The van der Waals surface area contributed by atoms with Crippen LogP contribution in [-0.2, 0) is 4.79 Å². The Labute approximate surface area is 124 Å². The number of pyridine rings is 2. The summed E-state index contributed by atoms with van der Waals surface area (Å²) in [6.07, 6.45) is 4.56. The number of nitrogens with zero attached hydrogens (tertiary/aromatic N) is 2. The number of carbonyl (C=O) groups excluding carboxylic acids is 1. The SMILES string of the molecule is Cc1cccnc1[C@@H]1CC(=O)C[C@H](c2ncccc2C)N1. The van der Waals surface area contributed by atoms with Crippen molar-refractivity contribution < 1.29 is 4.79 Å². The lowest BCUT2D eigenvalue weighted by molar-refractivity contribution is -0.121. The normalized spacial score (nSPS) is 22.3. The van der Waals surface area contributed by atoms with E-state index in [4.69, 9.17) is 0 Å². The highest BCUT2D eigenvalue weighted by atomic mass is 16.1. The van der Waals surface area contributed by atoms with Crippen molar-refractivity contribution in [1.82, 2.24) is 15.3 Å². The van der Waals surface area contributed by atoms with Crippen LogP contribution in [0.4, 0.5) is 0 Å². The molecule has 0 bridgehead atoms. The molecular weight excluding hydrogens is 262 g/mol. The first kappa shape index (κ1) is 13.9. The molecule has 0 aliphatic carbocycles. The van der Waals surface area contributed by atoms with Gasteiger partial charge in [-0.05, 0) is 37.1 Å². The highest BCUT2D eigenvalue weighted by molar-refractivity contribution is 5.81. The molecule has 3 heterocycles. The molecule has 0 aromatic carbocycles. The summed E-state index contributed by atoms with van der Waals surface area (Å²) in [5.74, 6) is 0.263. The van der Waals surface area contributed by atoms with Crippen molar-refractivity contribution >= 4 is 5.78 Å². The largest absolute Gasteiger partial charge is 0.300 e. The van der Waals surface area contributed by atoms with Crippen molar-refractivity contribution in [2.45, 2.75) is 38.8 Å². The quantitative estimate of drug-likeness (QED) is 0.919. The molecule has 1 fully saturated rings. The molecule has 1 N–H and O–H groups in total. The molecule has 0 saturated carbocycles. The van der Waals surface area contributed by atoms with Gasteiger partial charge in [-0.15, -0.1) is 0 Å². The lowest BCUT2D eigenvalue weighted by Gasteiger charge is -2.31. The van der Waals surface area contributed by atoms with Gasteiger partial charge in [0.2, 0.25) is 0 Å². The number of rotatable bonds is 2.